The van der Waals surface area contributed by atoms with Gasteiger partial charge in [0.2, 0.25) is 5.91 Å². The van der Waals surface area contributed by atoms with E-state index in [-0.39, 0.29) is 11.9 Å². The summed E-state index contributed by atoms with van der Waals surface area (Å²) in [6.45, 7) is 1.86. The van der Waals surface area contributed by atoms with E-state index in [0.29, 0.717) is 5.02 Å². The molecule has 0 bridgehead atoms. The summed E-state index contributed by atoms with van der Waals surface area (Å²) in [6.07, 6.45) is 1.89. The zero-order valence-electron chi connectivity index (χ0n) is 9.20. The number of fused-ring (bicyclic) bond motifs is 1. The molecular formula is C12H13ClN2O. The number of hydrogen-bond donors (Lipinski definition) is 1. The van der Waals surface area contributed by atoms with E-state index in [2.05, 4.69) is 5.32 Å². The van der Waals surface area contributed by atoms with Crippen molar-refractivity contribution < 1.29 is 4.79 Å². The van der Waals surface area contributed by atoms with Crippen molar-refractivity contribution in [1.82, 2.24) is 9.88 Å². The quantitative estimate of drug-likeness (QED) is 0.855. The molecule has 1 heterocycles. The van der Waals surface area contributed by atoms with Crippen molar-refractivity contribution in [3.8, 4) is 0 Å². The lowest BCUT2D eigenvalue weighted by Crippen LogP contribution is -2.27. The maximum atomic E-state index is 11.6. The second kappa shape index (κ2) is 4.18. The Morgan fingerprint density at radius 1 is 1.44 bits per heavy atom. The molecule has 0 aliphatic heterocycles. The van der Waals surface area contributed by atoms with Crippen molar-refractivity contribution in [3.63, 3.8) is 0 Å². The number of rotatable bonds is 2. The molecule has 0 radical (unpaired) electrons. The highest BCUT2D eigenvalue weighted by Crippen LogP contribution is 2.26. The maximum absolute atomic E-state index is 11.6. The van der Waals surface area contributed by atoms with Crippen LogP contribution in [-0.2, 0) is 4.79 Å². The molecule has 2 rings (SSSR count). The Hall–Kier alpha value is -1.48. The van der Waals surface area contributed by atoms with E-state index in [1.165, 1.54) is 0 Å². The molecule has 1 atom stereocenters. The summed E-state index contributed by atoms with van der Waals surface area (Å²) in [4.78, 5) is 11.6. The minimum Gasteiger partial charge on any atom is -0.357 e. The Bertz CT molecular complexity index is 533. The molecule has 0 aliphatic carbocycles. The van der Waals surface area contributed by atoms with Gasteiger partial charge in [0.05, 0.1) is 5.52 Å². The minimum atomic E-state index is -0.235. The molecule has 1 unspecified atom stereocenters. The predicted octanol–water partition coefficient (Wildman–Crippen LogP) is 2.60. The molecule has 1 aromatic carbocycles. The lowest BCUT2D eigenvalue weighted by atomic mass is 10.2. The normalized spacial score (nSPS) is 12.7. The smallest absolute Gasteiger partial charge is 0.242 e. The number of aromatic nitrogens is 1. The number of likely N-dealkylation sites (N-methyl/N-ethyl adjacent to an activating group) is 1. The molecule has 0 saturated carbocycles. The molecule has 0 spiro atoms. The minimum absolute atomic E-state index is 0.0162. The lowest BCUT2D eigenvalue weighted by molar-refractivity contribution is -0.123. The van der Waals surface area contributed by atoms with Crippen LogP contribution in [0.25, 0.3) is 10.9 Å². The fourth-order valence-corrected chi connectivity index (χ4v) is 2.06. The number of benzene rings is 1. The third-order valence-corrected chi connectivity index (χ3v) is 3.08. The zero-order chi connectivity index (χ0) is 11.7. The van der Waals surface area contributed by atoms with Crippen molar-refractivity contribution in [2.75, 3.05) is 7.05 Å². The number of nitrogens with one attached hydrogen (secondary N) is 1. The van der Waals surface area contributed by atoms with Crippen molar-refractivity contribution >= 4 is 28.4 Å². The van der Waals surface area contributed by atoms with Gasteiger partial charge >= 0.3 is 0 Å². The second-order valence-electron chi connectivity index (χ2n) is 3.69. The van der Waals surface area contributed by atoms with E-state index < -0.39 is 0 Å². The van der Waals surface area contributed by atoms with Gasteiger partial charge in [0, 0.05) is 23.7 Å². The molecule has 1 N–H and O–H groups in total. The fourth-order valence-electron chi connectivity index (χ4n) is 1.82. The van der Waals surface area contributed by atoms with Gasteiger partial charge in [-0.25, -0.2) is 0 Å². The average Bonchev–Trinajstić information content (AvgIpc) is 2.72. The number of nitrogens with zero attached hydrogens (tertiary/aromatic N) is 1. The summed E-state index contributed by atoms with van der Waals surface area (Å²) in [6, 6.07) is 7.38. The van der Waals surface area contributed by atoms with Gasteiger partial charge in [-0.05, 0) is 25.1 Å². The highest BCUT2D eigenvalue weighted by atomic mass is 35.5. The molecule has 0 saturated heterocycles. The van der Waals surface area contributed by atoms with Crippen molar-refractivity contribution in [2.24, 2.45) is 0 Å². The van der Waals surface area contributed by atoms with Gasteiger partial charge in [-0.1, -0.05) is 17.7 Å². The third kappa shape index (κ3) is 1.67. The van der Waals surface area contributed by atoms with E-state index in [1.807, 2.05) is 42.0 Å². The summed E-state index contributed by atoms with van der Waals surface area (Å²) in [5, 5.41) is 4.32. The summed E-state index contributed by atoms with van der Waals surface area (Å²) in [5.41, 5.74) is 0.976. The third-order valence-electron chi connectivity index (χ3n) is 2.75. The van der Waals surface area contributed by atoms with Crippen molar-refractivity contribution in [2.45, 2.75) is 13.0 Å². The van der Waals surface area contributed by atoms with E-state index >= 15 is 0 Å². The van der Waals surface area contributed by atoms with Crippen LogP contribution in [0.3, 0.4) is 0 Å². The van der Waals surface area contributed by atoms with Crippen LogP contribution in [0.2, 0.25) is 5.02 Å². The van der Waals surface area contributed by atoms with Crippen LogP contribution >= 0.6 is 11.6 Å². The Morgan fingerprint density at radius 3 is 2.88 bits per heavy atom. The molecule has 0 aliphatic rings. The van der Waals surface area contributed by atoms with Gasteiger partial charge in [0.1, 0.15) is 6.04 Å². The molecular weight excluding hydrogens is 224 g/mol. The standard InChI is InChI=1S/C12H13ClN2O/c1-8(12(16)14-2)15-7-6-9-10(13)4-3-5-11(9)15/h3-8H,1-2H3,(H,14,16). The first-order valence-corrected chi connectivity index (χ1v) is 5.49. The summed E-state index contributed by atoms with van der Waals surface area (Å²) < 4.78 is 1.92. The van der Waals surface area contributed by atoms with Gasteiger partial charge in [0.15, 0.2) is 0 Å². The van der Waals surface area contributed by atoms with Crippen LogP contribution in [-0.4, -0.2) is 17.5 Å². The van der Waals surface area contributed by atoms with Gasteiger partial charge in [0.25, 0.3) is 0 Å². The van der Waals surface area contributed by atoms with Crippen molar-refractivity contribution in [1.29, 1.82) is 0 Å². The topological polar surface area (TPSA) is 34.0 Å². The Labute approximate surface area is 99.0 Å². The summed E-state index contributed by atoms with van der Waals surface area (Å²) in [5.74, 6) is -0.0162. The first-order chi connectivity index (χ1) is 7.65. The van der Waals surface area contributed by atoms with E-state index in [1.54, 1.807) is 7.05 Å². The molecule has 4 heteroatoms. The second-order valence-corrected chi connectivity index (χ2v) is 4.09. The van der Waals surface area contributed by atoms with Gasteiger partial charge in [-0.3, -0.25) is 4.79 Å². The van der Waals surface area contributed by atoms with Gasteiger partial charge in [-0.15, -0.1) is 0 Å². The largest absolute Gasteiger partial charge is 0.357 e. The van der Waals surface area contributed by atoms with Crippen LogP contribution in [0, 0.1) is 0 Å². The molecule has 16 heavy (non-hydrogen) atoms. The van der Waals surface area contributed by atoms with Crippen LogP contribution < -0.4 is 5.32 Å². The Morgan fingerprint density at radius 2 is 2.19 bits per heavy atom. The molecule has 0 fully saturated rings. The van der Waals surface area contributed by atoms with Crippen LogP contribution in [0.5, 0.6) is 0 Å². The summed E-state index contributed by atoms with van der Waals surface area (Å²) in [7, 11) is 1.64. The molecule has 3 nitrogen and oxygen atoms in total. The Kier molecular flexibility index (Phi) is 2.88. The first kappa shape index (κ1) is 11.0. The highest BCUT2D eigenvalue weighted by Gasteiger charge is 2.15. The van der Waals surface area contributed by atoms with E-state index in [9.17, 15) is 4.79 Å². The van der Waals surface area contributed by atoms with Gasteiger partial charge in [-0.2, -0.15) is 0 Å². The highest BCUT2D eigenvalue weighted by molar-refractivity contribution is 6.35. The number of carbonyl (C=O) groups excluding carboxylic acids is 1. The number of hydrogen-bond acceptors (Lipinski definition) is 1. The zero-order valence-corrected chi connectivity index (χ0v) is 9.95. The lowest BCUT2D eigenvalue weighted by Gasteiger charge is -2.13. The van der Waals surface area contributed by atoms with Crippen LogP contribution in [0.4, 0.5) is 0 Å². The monoisotopic (exact) mass is 236 g/mol. The SMILES string of the molecule is CNC(=O)C(C)n1ccc2c(Cl)cccc21. The van der Waals surface area contributed by atoms with Gasteiger partial charge < -0.3 is 9.88 Å². The molecule has 84 valence electrons. The van der Waals surface area contributed by atoms with E-state index in [0.717, 1.165) is 10.9 Å². The average molecular weight is 237 g/mol. The predicted molar refractivity (Wildman–Crippen MR) is 65.7 cm³/mol. The Balaban J connectivity index is 2.54. The maximum Gasteiger partial charge on any atom is 0.242 e. The number of amides is 1. The number of halogens is 1. The summed E-state index contributed by atoms with van der Waals surface area (Å²) >= 11 is 6.07. The fraction of sp³-hybridized carbons (Fsp3) is 0.250. The molecule has 1 aromatic heterocycles. The van der Waals surface area contributed by atoms with E-state index in [4.69, 9.17) is 11.6 Å². The van der Waals surface area contributed by atoms with Crippen LogP contribution in [0.1, 0.15) is 13.0 Å². The van der Waals surface area contributed by atoms with Crippen LogP contribution in [0.15, 0.2) is 30.5 Å². The molecule has 2 aromatic rings. The molecule has 1 amide bonds. The van der Waals surface area contributed by atoms with Crippen molar-refractivity contribution in [3.05, 3.63) is 35.5 Å². The number of carbonyl (C=O) groups is 1. The first-order valence-electron chi connectivity index (χ1n) is 5.12.